The van der Waals surface area contributed by atoms with E-state index in [-0.39, 0.29) is 18.0 Å². The highest BCUT2D eigenvalue weighted by Crippen LogP contribution is 2.56. The molecule has 248 valence electrons. The van der Waals surface area contributed by atoms with E-state index < -0.39 is 23.7 Å². The summed E-state index contributed by atoms with van der Waals surface area (Å²) in [6.45, 7) is 4.45. The van der Waals surface area contributed by atoms with Crippen molar-refractivity contribution in [3.63, 3.8) is 0 Å². The lowest BCUT2D eigenvalue weighted by molar-refractivity contribution is -0.138. The maximum Gasteiger partial charge on any atom is 0.255 e. The van der Waals surface area contributed by atoms with Crippen molar-refractivity contribution in [1.29, 1.82) is 0 Å². The van der Waals surface area contributed by atoms with Gasteiger partial charge in [0.2, 0.25) is 0 Å². The third-order valence-corrected chi connectivity index (χ3v) is 9.59. The Labute approximate surface area is 281 Å². The summed E-state index contributed by atoms with van der Waals surface area (Å²) in [4.78, 5) is 32.5. The molecule has 3 aliphatic heterocycles. The minimum absolute atomic E-state index is 0.190. The van der Waals surface area contributed by atoms with Crippen molar-refractivity contribution in [2.75, 3.05) is 55.2 Å². The Hall–Kier alpha value is -4.74. The Bertz CT molecular complexity index is 1770. The van der Waals surface area contributed by atoms with E-state index in [1.807, 2.05) is 137 Å². The van der Waals surface area contributed by atoms with Crippen LogP contribution in [-0.4, -0.2) is 70.2 Å². The molecule has 5 atom stereocenters. The molecule has 0 radical (unpaired) electrons. The molecule has 10 nitrogen and oxygen atoms in total. The molecule has 4 aromatic carbocycles. The van der Waals surface area contributed by atoms with Gasteiger partial charge in [0.15, 0.2) is 0 Å². The fourth-order valence-electron chi connectivity index (χ4n) is 6.89. The number of ether oxygens (including phenoxy) is 3. The molecule has 0 bridgehead atoms. The van der Waals surface area contributed by atoms with E-state index in [0.29, 0.717) is 29.1 Å². The van der Waals surface area contributed by atoms with Gasteiger partial charge < -0.3 is 34.6 Å². The molecule has 3 heterocycles. The number of carbonyl (C=O) groups excluding carboxylic acids is 2. The minimum Gasteiger partial charge on any atom is -0.378 e. The van der Waals surface area contributed by atoms with Gasteiger partial charge in [0.1, 0.15) is 29.9 Å². The first-order chi connectivity index (χ1) is 23.0. The number of rotatable bonds is 8. The number of amides is 2. The van der Waals surface area contributed by atoms with Crippen LogP contribution in [0.1, 0.15) is 45.7 Å². The second-order valence-corrected chi connectivity index (χ2v) is 13.3. The molecule has 0 spiro atoms. The predicted molar refractivity (Wildman–Crippen MR) is 186 cm³/mol. The van der Waals surface area contributed by atoms with Gasteiger partial charge in [-0.05, 0) is 85.6 Å². The first-order valence-electron chi connectivity index (χ1n) is 16.1. The summed E-state index contributed by atoms with van der Waals surface area (Å²) < 4.78 is 19.9. The molecule has 0 saturated carbocycles. The molecule has 4 aromatic rings. The highest BCUT2D eigenvalue weighted by molar-refractivity contribution is 6.05. The molecule has 7 rings (SSSR count). The van der Waals surface area contributed by atoms with Gasteiger partial charge in [-0.15, -0.1) is 0 Å². The van der Waals surface area contributed by atoms with E-state index in [2.05, 4.69) is 15.5 Å². The first kappa shape index (κ1) is 31.8. The molecule has 10 heteroatoms. The highest BCUT2D eigenvalue weighted by Gasteiger charge is 2.68. The Morgan fingerprint density at radius 1 is 0.667 bits per heavy atom. The highest BCUT2D eigenvalue weighted by atomic mass is 16.7. The van der Waals surface area contributed by atoms with E-state index in [1.165, 1.54) is 0 Å². The van der Waals surface area contributed by atoms with Crippen molar-refractivity contribution in [3.8, 4) is 0 Å². The molecule has 0 unspecified atom stereocenters. The van der Waals surface area contributed by atoms with Gasteiger partial charge in [-0.2, -0.15) is 0 Å². The molecular formula is C38H41N5O5. The van der Waals surface area contributed by atoms with Crippen LogP contribution in [0.3, 0.4) is 0 Å². The van der Waals surface area contributed by atoms with Gasteiger partial charge in [0, 0.05) is 62.1 Å². The quantitative estimate of drug-likeness (QED) is 0.247. The number of hydrogen-bond donors (Lipinski definition) is 2. The fraction of sp³-hybridized carbons (Fsp3) is 0.316. The summed E-state index contributed by atoms with van der Waals surface area (Å²) in [5.74, 6) is -0.381. The van der Waals surface area contributed by atoms with Crippen LogP contribution in [0, 0.1) is 0 Å². The van der Waals surface area contributed by atoms with Gasteiger partial charge >= 0.3 is 0 Å². The van der Waals surface area contributed by atoms with Gasteiger partial charge in [-0.25, -0.2) is 4.90 Å². The van der Waals surface area contributed by atoms with Crippen LogP contribution >= 0.6 is 0 Å². The van der Waals surface area contributed by atoms with Crippen LogP contribution in [0.4, 0.5) is 22.7 Å². The third kappa shape index (κ3) is 5.50. The maximum absolute atomic E-state index is 13.2. The van der Waals surface area contributed by atoms with Gasteiger partial charge in [-0.3, -0.25) is 9.59 Å². The zero-order valence-electron chi connectivity index (χ0n) is 28.1. The number of anilines is 4. The summed E-state index contributed by atoms with van der Waals surface area (Å²) in [5.41, 5.74) is 4.44. The molecule has 2 N–H and O–H groups in total. The molecular weight excluding hydrogens is 606 g/mol. The Morgan fingerprint density at radius 3 is 1.65 bits per heavy atom. The zero-order valence-corrected chi connectivity index (χ0v) is 28.1. The maximum atomic E-state index is 13.2. The smallest absolute Gasteiger partial charge is 0.255 e. The first-order valence-corrected chi connectivity index (χ1v) is 16.1. The van der Waals surface area contributed by atoms with E-state index in [9.17, 15) is 9.59 Å². The van der Waals surface area contributed by atoms with Crippen LogP contribution in [0.15, 0.2) is 97.1 Å². The number of nitrogens with zero attached hydrogens (tertiary/aromatic N) is 3. The second-order valence-electron chi connectivity index (χ2n) is 13.3. The average Bonchev–Trinajstić information content (AvgIpc) is 3.73. The van der Waals surface area contributed by atoms with Crippen molar-refractivity contribution in [2.45, 2.75) is 43.7 Å². The molecule has 0 aromatic heterocycles. The lowest BCUT2D eigenvalue weighted by Crippen LogP contribution is -2.40. The average molecular weight is 648 g/mol. The molecule has 3 fully saturated rings. The number of carbonyl (C=O) groups is 2. The lowest BCUT2D eigenvalue weighted by Gasteiger charge is -2.33. The van der Waals surface area contributed by atoms with Crippen LogP contribution in [0.25, 0.3) is 0 Å². The van der Waals surface area contributed by atoms with Crippen LogP contribution < -0.4 is 20.4 Å². The van der Waals surface area contributed by atoms with Crippen LogP contribution in [-0.2, 0) is 25.4 Å². The Morgan fingerprint density at radius 2 is 1.15 bits per heavy atom. The Kier molecular flexibility index (Phi) is 7.99. The normalized spacial score (nSPS) is 25.8. The zero-order chi connectivity index (χ0) is 33.8. The van der Waals surface area contributed by atoms with Gasteiger partial charge in [0.05, 0.1) is 6.61 Å². The molecule has 48 heavy (non-hydrogen) atoms. The largest absolute Gasteiger partial charge is 0.378 e. The summed E-state index contributed by atoms with van der Waals surface area (Å²) in [7, 11) is 7.78. The fourth-order valence-corrected chi connectivity index (χ4v) is 6.89. The predicted octanol–water partition coefficient (Wildman–Crippen LogP) is 5.82. The van der Waals surface area contributed by atoms with Crippen molar-refractivity contribution in [2.24, 2.45) is 0 Å². The summed E-state index contributed by atoms with van der Waals surface area (Å²) in [6, 6.07) is 30.5. The van der Waals surface area contributed by atoms with Crippen LogP contribution in [0.2, 0.25) is 0 Å². The van der Waals surface area contributed by atoms with Crippen molar-refractivity contribution in [1.82, 2.24) is 4.90 Å². The van der Waals surface area contributed by atoms with E-state index in [4.69, 9.17) is 14.2 Å². The number of nitrogens with one attached hydrogen (secondary N) is 2. The lowest BCUT2D eigenvalue weighted by atomic mass is 9.93. The van der Waals surface area contributed by atoms with Crippen molar-refractivity contribution >= 4 is 34.6 Å². The van der Waals surface area contributed by atoms with Gasteiger partial charge in [-0.1, -0.05) is 36.4 Å². The van der Waals surface area contributed by atoms with Gasteiger partial charge in [0.25, 0.3) is 11.8 Å². The third-order valence-electron chi connectivity index (χ3n) is 9.59. The molecule has 0 aliphatic carbocycles. The minimum atomic E-state index is -0.848. The molecule has 3 aliphatic rings. The van der Waals surface area contributed by atoms with E-state index in [1.54, 1.807) is 12.1 Å². The molecule has 2 amide bonds. The standard InChI is InChI=1S/C38H41N5O5/c1-37(26-13-9-15-28(21-26)39-33(44)24-11-7-17-30(19-24)41(3)4)35-43-32(23-46-35)47-38(2,36(43)48-37)27-14-10-16-29(22-27)40-34(45)25-12-8-18-31(20-25)42(5)6/h7-22,32,35-36H,23H2,1-6H3,(H,39,44)(H,40,45)/t32-,35-,36-,37+,38+/m0/s1. The van der Waals surface area contributed by atoms with E-state index in [0.717, 1.165) is 22.5 Å². The Balaban J connectivity index is 1.12. The summed E-state index contributed by atoms with van der Waals surface area (Å²) in [6.07, 6.45) is -1.16. The van der Waals surface area contributed by atoms with Crippen molar-refractivity contribution < 1.29 is 23.8 Å². The SMILES string of the molecule is CN(C)c1cccc(C(=O)Nc2cccc([C@@]3(C)O[C@H]4CO[C@@H]5N4[C@H]3O[C@]5(C)c3cccc(NC(=O)c4cccc(N(C)C)c4)c3)c2)c1. The number of benzene rings is 4. The van der Waals surface area contributed by atoms with Crippen LogP contribution in [0.5, 0.6) is 0 Å². The summed E-state index contributed by atoms with van der Waals surface area (Å²) >= 11 is 0. The summed E-state index contributed by atoms with van der Waals surface area (Å²) in [5, 5.41) is 6.11. The second kappa shape index (κ2) is 12.1. The number of hydrogen-bond acceptors (Lipinski definition) is 8. The monoisotopic (exact) mass is 647 g/mol. The van der Waals surface area contributed by atoms with E-state index >= 15 is 0 Å². The topological polar surface area (TPSA) is 95.6 Å². The molecule has 3 saturated heterocycles. The van der Waals surface area contributed by atoms with Crippen molar-refractivity contribution in [3.05, 3.63) is 119 Å².